The van der Waals surface area contributed by atoms with E-state index in [0.29, 0.717) is 52.4 Å². The van der Waals surface area contributed by atoms with E-state index in [1.807, 2.05) is 12.1 Å². The number of ether oxygens (including phenoxy) is 1. The summed E-state index contributed by atoms with van der Waals surface area (Å²) in [7, 11) is 0. The Balaban J connectivity index is 1.47. The molecule has 188 valence electrons. The molecule has 0 saturated heterocycles. The number of imidazole rings is 1. The normalized spacial score (nSPS) is 11.1. The summed E-state index contributed by atoms with van der Waals surface area (Å²) in [6.07, 6.45) is 4.77. The monoisotopic (exact) mass is 539 g/mol. The van der Waals surface area contributed by atoms with E-state index in [1.165, 1.54) is 18.7 Å². The maximum absolute atomic E-state index is 13.0. The average Bonchev–Trinajstić information content (AvgIpc) is 3.33. The van der Waals surface area contributed by atoms with Crippen LogP contribution in [0.4, 0.5) is 16.0 Å². The van der Waals surface area contributed by atoms with Gasteiger partial charge in [0.2, 0.25) is 11.2 Å². The van der Waals surface area contributed by atoms with Gasteiger partial charge in [-0.15, -0.1) is 0 Å². The molecule has 0 radical (unpaired) electrons. The molecule has 1 N–H and O–H groups in total. The highest BCUT2D eigenvalue weighted by Gasteiger charge is 2.17. The zero-order valence-corrected chi connectivity index (χ0v) is 20.8. The molecule has 5 aromatic rings. The van der Waals surface area contributed by atoms with Crippen molar-refractivity contribution in [1.82, 2.24) is 29.1 Å². The quantitative estimate of drug-likeness (QED) is 0.242. The Morgan fingerprint density at radius 3 is 2.38 bits per heavy atom. The molecule has 0 unspecified atom stereocenters. The molecular weight excluding hydrogens is 520 g/mol. The number of nitrogens with one attached hydrogen (secondary N) is 1. The fourth-order valence-electron chi connectivity index (χ4n) is 3.74. The molecular formula is C25H20Cl2FN7O2. The third-order valence-corrected chi connectivity index (χ3v) is 5.92. The maximum Gasteiger partial charge on any atom is 0.300 e. The van der Waals surface area contributed by atoms with Crippen LogP contribution in [0.5, 0.6) is 11.5 Å². The van der Waals surface area contributed by atoms with Crippen LogP contribution in [0.15, 0.2) is 72.0 Å². The van der Waals surface area contributed by atoms with E-state index in [2.05, 4.69) is 25.3 Å². The number of anilines is 2. The van der Waals surface area contributed by atoms with Gasteiger partial charge in [0.15, 0.2) is 16.9 Å². The summed E-state index contributed by atoms with van der Waals surface area (Å²) in [6.45, 7) is 0.218. The number of aromatic nitrogens is 6. The summed E-state index contributed by atoms with van der Waals surface area (Å²) in [5, 5.41) is 3.96. The third kappa shape index (κ3) is 5.71. The minimum Gasteiger partial charge on any atom is -0.454 e. The van der Waals surface area contributed by atoms with Crippen molar-refractivity contribution in [2.24, 2.45) is 0 Å². The number of hydrogen-bond donors (Lipinski definition) is 1. The van der Waals surface area contributed by atoms with Crippen molar-refractivity contribution in [3.63, 3.8) is 0 Å². The lowest BCUT2D eigenvalue weighted by Crippen LogP contribution is -2.20. The molecule has 3 aromatic heterocycles. The van der Waals surface area contributed by atoms with Gasteiger partial charge < -0.3 is 14.6 Å². The van der Waals surface area contributed by atoms with Crippen LogP contribution in [0.3, 0.4) is 0 Å². The van der Waals surface area contributed by atoms with Gasteiger partial charge in [0, 0.05) is 17.3 Å². The van der Waals surface area contributed by atoms with Gasteiger partial charge in [-0.1, -0.05) is 23.7 Å². The lowest BCUT2D eigenvalue weighted by Gasteiger charge is -2.16. The number of fused-ring (bicyclic) bond motifs is 1. The number of halogens is 3. The van der Waals surface area contributed by atoms with E-state index < -0.39 is 12.2 Å². The highest BCUT2D eigenvalue weighted by atomic mass is 35.5. The first-order chi connectivity index (χ1) is 18.0. The van der Waals surface area contributed by atoms with Gasteiger partial charge in [-0.25, -0.2) is 15.0 Å². The van der Waals surface area contributed by atoms with Crippen molar-refractivity contribution in [3.8, 4) is 11.5 Å². The van der Waals surface area contributed by atoms with Crippen molar-refractivity contribution in [3.05, 3.63) is 93.5 Å². The van der Waals surface area contributed by atoms with Gasteiger partial charge in [0.25, 0.3) is 0 Å². The maximum atomic E-state index is 13.0. The first kappa shape index (κ1) is 24.7. The minimum atomic E-state index is -0.490. The molecule has 12 heteroatoms. The van der Waals surface area contributed by atoms with Gasteiger partial charge in [0.1, 0.15) is 5.75 Å². The number of nitrogens with zero attached hydrogens (tertiary/aromatic N) is 6. The highest BCUT2D eigenvalue weighted by Crippen LogP contribution is 2.25. The Morgan fingerprint density at radius 2 is 1.68 bits per heavy atom. The molecule has 0 spiro atoms. The zero-order chi connectivity index (χ0) is 25.8. The van der Waals surface area contributed by atoms with E-state index in [9.17, 15) is 9.18 Å². The number of rotatable bonds is 9. The minimum absolute atomic E-state index is 0.133. The van der Waals surface area contributed by atoms with E-state index in [-0.39, 0.29) is 11.7 Å². The van der Waals surface area contributed by atoms with Crippen LogP contribution in [-0.4, -0.2) is 35.7 Å². The second-order valence-electron chi connectivity index (χ2n) is 8.05. The molecule has 5 rings (SSSR count). The fourth-order valence-corrected chi connectivity index (χ4v) is 3.96. The SMILES string of the molecule is O=c1nc(Nc2ccc(Oc3cnc(Cl)nc3)cc2)n(Cc2ccc(Cl)cc2)c2ncn(CCCF)c12. The summed E-state index contributed by atoms with van der Waals surface area (Å²) in [4.78, 5) is 29.5. The largest absolute Gasteiger partial charge is 0.454 e. The van der Waals surface area contributed by atoms with Crippen LogP contribution in [0.1, 0.15) is 12.0 Å². The average molecular weight is 540 g/mol. The second kappa shape index (κ2) is 10.9. The topological polar surface area (TPSA) is 99.8 Å². The molecule has 9 nitrogen and oxygen atoms in total. The second-order valence-corrected chi connectivity index (χ2v) is 8.82. The number of benzene rings is 2. The van der Waals surface area contributed by atoms with Crippen LogP contribution in [0.25, 0.3) is 11.2 Å². The van der Waals surface area contributed by atoms with Gasteiger partial charge in [-0.05, 0) is 60.0 Å². The predicted octanol–water partition coefficient (Wildman–Crippen LogP) is 5.63. The van der Waals surface area contributed by atoms with Gasteiger partial charge in [-0.2, -0.15) is 4.98 Å². The van der Waals surface area contributed by atoms with Gasteiger partial charge in [-0.3, -0.25) is 13.8 Å². The van der Waals surface area contributed by atoms with Crippen LogP contribution < -0.4 is 15.6 Å². The van der Waals surface area contributed by atoms with E-state index in [4.69, 9.17) is 27.9 Å². The van der Waals surface area contributed by atoms with Crippen LogP contribution in [0.2, 0.25) is 10.3 Å². The summed E-state index contributed by atoms with van der Waals surface area (Å²) in [5.41, 5.74) is 1.92. The summed E-state index contributed by atoms with van der Waals surface area (Å²) in [6, 6.07) is 14.4. The lowest BCUT2D eigenvalue weighted by atomic mass is 10.2. The molecule has 2 aromatic carbocycles. The molecule has 37 heavy (non-hydrogen) atoms. The lowest BCUT2D eigenvalue weighted by molar-refractivity contribution is 0.449. The Labute approximate surface area is 220 Å². The number of aryl methyl sites for hydroxylation is 1. The summed E-state index contributed by atoms with van der Waals surface area (Å²) >= 11 is 11.8. The molecule has 3 heterocycles. The smallest absolute Gasteiger partial charge is 0.300 e. The van der Waals surface area contributed by atoms with Crippen molar-refractivity contribution in [2.75, 3.05) is 12.0 Å². The Bertz CT molecular complexity index is 1570. The number of hydrogen-bond acceptors (Lipinski definition) is 7. The zero-order valence-electron chi connectivity index (χ0n) is 19.3. The van der Waals surface area contributed by atoms with E-state index >= 15 is 0 Å². The summed E-state index contributed by atoms with van der Waals surface area (Å²) in [5.74, 6) is 1.31. The van der Waals surface area contributed by atoms with Gasteiger partial charge >= 0.3 is 5.56 Å². The highest BCUT2D eigenvalue weighted by molar-refractivity contribution is 6.30. The molecule has 0 bridgehead atoms. The first-order valence-electron chi connectivity index (χ1n) is 11.3. The number of alkyl halides is 1. The van der Waals surface area contributed by atoms with Crippen molar-refractivity contribution in [1.29, 1.82) is 0 Å². The molecule has 0 saturated carbocycles. The Kier molecular flexibility index (Phi) is 7.29. The molecule has 0 aliphatic heterocycles. The Morgan fingerprint density at radius 1 is 0.946 bits per heavy atom. The van der Waals surface area contributed by atoms with E-state index in [1.54, 1.807) is 45.5 Å². The standard InChI is InChI=1S/C25H20Cl2FN7O2/c26-17-4-2-16(3-5-17)14-35-22-21(34(15-31-22)11-1-10-28)23(36)33-25(35)32-18-6-8-19(9-7-18)37-20-12-29-24(27)30-13-20/h2-9,12-13,15H,1,10-11,14H2,(H,32,33,36). The van der Waals surface area contributed by atoms with Crippen molar-refractivity contribution >= 4 is 46.0 Å². The molecule has 0 atom stereocenters. The summed E-state index contributed by atoms with van der Waals surface area (Å²) < 4.78 is 22.0. The van der Waals surface area contributed by atoms with Crippen LogP contribution >= 0.6 is 23.2 Å². The molecule has 0 fully saturated rings. The predicted molar refractivity (Wildman–Crippen MR) is 140 cm³/mol. The van der Waals surface area contributed by atoms with Gasteiger partial charge in [0.05, 0.1) is 31.9 Å². The molecule has 0 aliphatic carbocycles. The van der Waals surface area contributed by atoms with Crippen LogP contribution in [-0.2, 0) is 13.1 Å². The first-order valence-corrected chi connectivity index (χ1v) is 12.0. The van der Waals surface area contributed by atoms with Crippen LogP contribution in [0, 0.1) is 0 Å². The third-order valence-electron chi connectivity index (χ3n) is 5.47. The van der Waals surface area contributed by atoms with Crippen molar-refractivity contribution in [2.45, 2.75) is 19.5 Å². The molecule has 0 aliphatic rings. The van der Waals surface area contributed by atoms with E-state index in [0.717, 1.165) is 5.56 Å². The molecule has 0 amide bonds. The Hall–Kier alpha value is -4.02. The fraction of sp³-hybridized carbons (Fsp3) is 0.160. The van der Waals surface area contributed by atoms with Crippen molar-refractivity contribution < 1.29 is 9.13 Å².